The van der Waals surface area contributed by atoms with Gasteiger partial charge in [-0.1, -0.05) is 0 Å². The van der Waals surface area contributed by atoms with E-state index < -0.39 is 37.4 Å². The molecule has 0 aliphatic carbocycles. The first kappa shape index (κ1) is 10.8. The fraction of sp³-hybridized carbons (Fsp3) is 1.00. The minimum absolute atomic E-state index is 0.495. The van der Waals surface area contributed by atoms with Gasteiger partial charge in [-0.25, -0.2) is 4.39 Å². The highest BCUT2D eigenvalue weighted by molar-refractivity contribution is 4.88. The third-order valence-corrected chi connectivity index (χ3v) is 2.04. The van der Waals surface area contributed by atoms with Crippen molar-refractivity contribution in [1.29, 1.82) is 0 Å². The Morgan fingerprint density at radius 3 is 2.46 bits per heavy atom. The van der Waals surface area contributed by atoms with E-state index in [0.29, 0.717) is 0 Å². The molecule has 0 aromatic carbocycles. The Morgan fingerprint density at radius 2 is 2.00 bits per heavy atom. The first-order valence-corrected chi connectivity index (χ1v) is 3.91. The summed E-state index contributed by atoms with van der Waals surface area (Å²) in [6.07, 6.45) is -7.06. The monoisotopic (exact) mass is 196 g/mol. The topological polar surface area (TPSA) is 79.2 Å². The van der Waals surface area contributed by atoms with Crippen molar-refractivity contribution in [3.63, 3.8) is 0 Å². The van der Waals surface area contributed by atoms with Crippen molar-refractivity contribution in [2.75, 3.05) is 13.7 Å². The van der Waals surface area contributed by atoms with Crippen LogP contribution in [-0.2, 0) is 9.47 Å². The molecular formula is C7H13FO5. The molecule has 3 N–H and O–H groups in total. The van der Waals surface area contributed by atoms with Crippen LogP contribution in [0.3, 0.4) is 0 Å². The lowest BCUT2D eigenvalue weighted by molar-refractivity contribution is -0.279. The number of aliphatic hydroxyl groups is 3. The summed E-state index contributed by atoms with van der Waals surface area (Å²) in [6, 6.07) is 0. The summed E-state index contributed by atoms with van der Waals surface area (Å²) in [5.74, 6) is 0. The van der Waals surface area contributed by atoms with Gasteiger partial charge >= 0.3 is 0 Å². The van der Waals surface area contributed by atoms with Gasteiger partial charge in [0.2, 0.25) is 0 Å². The molecule has 0 radical (unpaired) electrons. The first-order valence-electron chi connectivity index (χ1n) is 3.91. The summed E-state index contributed by atoms with van der Waals surface area (Å²) in [5.41, 5.74) is 0. The number of hydrogen-bond donors (Lipinski definition) is 3. The summed E-state index contributed by atoms with van der Waals surface area (Å²) < 4.78 is 22.5. The van der Waals surface area contributed by atoms with Gasteiger partial charge in [0.25, 0.3) is 0 Å². The molecule has 1 heterocycles. The summed E-state index contributed by atoms with van der Waals surface area (Å²) in [6.45, 7) is -0.495. The van der Waals surface area contributed by atoms with E-state index in [1.165, 1.54) is 7.11 Å². The summed E-state index contributed by atoms with van der Waals surface area (Å²) in [5, 5.41) is 27.0. The van der Waals surface area contributed by atoms with E-state index in [-0.39, 0.29) is 0 Å². The lowest BCUT2D eigenvalue weighted by Crippen LogP contribution is -2.57. The maximum absolute atomic E-state index is 13.1. The molecule has 0 aromatic rings. The Morgan fingerprint density at radius 1 is 1.38 bits per heavy atom. The van der Waals surface area contributed by atoms with Crippen molar-refractivity contribution < 1.29 is 29.2 Å². The average Bonchev–Trinajstić information content (AvgIpc) is 2.15. The molecule has 5 nitrogen and oxygen atoms in total. The molecule has 1 fully saturated rings. The maximum Gasteiger partial charge on any atom is 0.191 e. The normalized spacial score (nSPS) is 46.4. The van der Waals surface area contributed by atoms with Crippen molar-refractivity contribution >= 4 is 0 Å². The molecule has 13 heavy (non-hydrogen) atoms. The minimum atomic E-state index is -1.80. The fourth-order valence-electron chi connectivity index (χ4n) is 1.23. The standard InChI is InChI=1S/C7H13FO5/c1-12-7-4(8)6(11)5(10)3(2-9)13-7/h3-7,9-11H,2H2,1H3/t3-,4-,5+,6-,7?/m1/s1. The molecular weight excluding hydrogens is 183 g/mol. The maximum atomic E-state index is 13.1. The zero-order valence-electron chi connectivity index (χ0n) is 7.13. The summed E-state index contributed by atoms with van der Waals surface area (Å²) in [7, 11) is 1.22. The van der Waals surface area contributed by atoms with E-state index in [1.54, 1.807) is 0 Å². The van der Waals surface area contributed by atoms with Crippen LogP contribution < -0.4 is 0 Å². The zero-order valence-corrected chi connectivity index (χ0v) is 7.13. The highest BCUT2D eigenvalue weighted by Crippen LogP contribution is 2.23. The second kappa shape index (κ2) is 4.30. The van der Waals surface area contributed by atoms with Crippen molar-refractivity contribution in [3.8, 4) is 0 Å². The smallest absolute Gasteiger partial charge is 0.191 e. The number of alkyl halides is 1. The van der Waals surface area contributed by atoms with E-state index >= 15 is 0 Å². The van der Waals surface area contributed by atoms with Crippen LogP contribution in [0.2, 0.25) is 0 Å². The van der Waals surface area contributed by atoms with Crippen LogP contribution in [0.5, 0.6) is 0 Å². The van der Waals surface area contributed by atoms with Crippen molar-refractivity contribution in [1.82, 2.24) is 0 Å². The highest BCUT2D eigenvalue weighted by Gasteiger charge is 2.44. The van der Waals surface area contributed by atoms with Gasteiger partial charge in [0.15, 0.2) is 12.5 Å². The van der Waals surface area contributed by atoms with Gasteiger partial charge in [-0.05, 0) is 0 Å². The molecule has 0 aromatic heterocycles. The molecule has 78 valence electrons. The first-order chi connectivity index (χ1) is 6.11. The molecule has 6 heteroatoms. The molecule has 1 aliphatic heterocycles. The molecule has 0 bridgehead atoms. The Labute approximate surface area is 74.7 Å². The Bertz CT molecular complexity index is 147. The second-order valence-corrected chi connectivity index (χ2v) is 2.89. The Kier molecular flexibility index (Phi) is 3.57. The third-order valence-electron chi connectivity index (χ3n) is 2.04. The van der Waals surface area contributed by atoms with Crippen LogP contribution in [0.4, 0.5) is 4.39 Å². The second-order valence-electron chi connectivity index (χ2n) is 2.89. The zero-order chi connectivity index (χ0) is 10.0. The predicted molar refractivity (Wildman–Crippen MR) is 39.7 cm³/mol. The van der Waals surface area contributed by atoms with Crippen LogP contribution >= 0.6 is 0 Å². The predicted octanol–water partition coefficient (Wildman–Crippen LogP) is -1.59. The number of ether oxygens (including phenoxy) is 2. The highest BCUT2D eigenvalue weighted by atomic mass is 19.1. The molecule has 0 spiro atoms. The minimum Gasteiger partial charge on any atom is -0.394 e. The van der Waals surface area contributed by atoms with E-state index in [4.69, 9.17) is 14.9 Å². The van der Waals surface area contributed by atoms with Crippen LogP contribution in [0.25, 0.3) is 0 Å². The van der Waals surface area contributed by atoms with Gasteiger partial charge in [0, 0.05) is 7.11 Å². The molecule has 0 saturated carbocycles. The quantitative estimate of drug-likeness (QED) is 0.496. The molecule has 0 amide bonds. The summed E-state index contributed by atoms with van der Waals surface area (Å²) in [4.78, 5) is 0. The number of halogens is 1. The van der Waals surface area contributed by atoms with Crippen molar-refractivity contribution in [2.24, 2.45) is 0 Å². The lowest BCUT2D eigenvalue weighted by Gasteiger charge is -2.37. The average molecular weight is 196 g/mol. The molecule has 1 saturated heterocycles. The summed E-state index contributed by atoms with van der Waals surface area (Å²) >= 11 is 0. The van der Waals surface area contributed by atoms with E-state index in [1.807, 2.05) is 0 Å². The van der Waals surface area contributed by atoms with Gasteiger partial charge < -0.3 is 24.8 Å². The lowest BCUT2D eigenvalue weighted by atomic mass is 10.0. The number of aliphatic hydroxyl groups excluding tert-OH is 3. The fourth-order valence-corrected chi connectivity index (χ4v) is 1.23. The molecule has 5 atom stereocenters. The van der Waals surface area contributed by atoms with Crippen LogP contribution in [-0.4, -0.2) is 59.8 Å². The number of methoxy groups -OCH3 is 1. The Balaban J connectivity index is 2.66. The van der Waals surface area contributed by atoms with Gasteiger partial charge in [-0.3, -0.25) is 0 Å². The van der Waals surface area contributed by atoms with Crippen molar-refractivity contribution in [2.45, 2.75) is 30.8 Å². The van der Waals surface area contributed by atoms with E-state index in [0.717, 1.165) is 0 Å². The number of hydrogen-bond acceptors (Lipinski definition) is 5. The van der Waals surface area contributed by atoms with Gasteiger partial charge in [-0.15, -0.1) is 0 Å². The van der Waals surface area contributed by atoms with Crippen LogP contribution in [0.1, 0.15) is 0 Å². The van der Waals surface area contributed by atoms with Crippen LogP contribution in [0, 0.1) is 0 Å². The SMILES string of the molecule is COC1O[C@H](CO)[C@H](O)[C@H](O)[C@H]1F. The van der Waals surface area contributed by atoms with E-state index in [9.17, 15) is 9.50 Å². The van der Waals surface area contributed by atoms with Crippen LogP contribution in [0.15, 0.2) is 0 Å². The molecule has 1 rings (SSSR count). The van der Waals surface area contributed by atoms with E-state index in [2.05, 4.69) is 4.74 Å². The van der Waals surface area contributed by atoms with Crippen molar-refractivity contribution in [3.05, 3.63) is 0 Å². The van der Waals surface area contributed by atoms with Gasteiger partial charge in [0.1, 0.15) is 18.3 Å². The number of rotatable bonds is 2. The largest absolute Gasteiger partial charge is 0.394 e. The molecule has 1 unspecified atom stereocenters. The third kappa shape index (κ3) is 1.97. The Hall–Kier alpha value is -0.270. The van der Waals surface area contributed by atoms with Gasteiger partial charge in [-0.2, -0.15) is 0 Å². The molecule has 1 aliphatic rings. The van der Waals surface area contributed by atoms with Gasteiger partial charge in [0.05, 0.1) is 6.61 Å².